The third kappa shape index (κ3) is 2.91. The van der Waals surface area contributed by atoms with E-state index < -0.39 is 0 Å². The van der Waals surface area contributed by atoms with Crippen LogP contribution in [0.15, 0.2) is 42.7 Å². The van der Waals surface area contributed by atoms with Gasteiger partial charge in [0.2, 0.25) is 5.91 Å². The van der Waals surface area contributed by atoms with Crippen molar-refractivity contribution in [3.8, 4) is 0 Å². The van der Waals surface area contributed by atoms with E-state index >= 15 is 0 Å². The summed E-state index contributed by atoms with van der Waals surface area (Å²) in [6, 6.07) is 10.3. The SMILES string of the molecule is CC(C)(C)n1ncc2c1NC(=O)CSC2c1ccc2ncccc2c1. The summed E-state index contributed by atoms with van der Waals surface area (Å²) in [4.78, 5) is 16.6. The molecule has 1 aliphatic rings. The highest BCUT2D eigenvalue weighted by atomic mass is 32.2. The molecule has 0 saturated carbocycles. The Morgan fingerprint density at radius 2 is 2.12 bits per heavy atom. The lowest BCUT2D eigenvalue weighted by atomic mass is 10.0. The van der Waals surface area contributed by atoms with E-state index in [4.69, 9.17) is 0 Å². The maximum Gasteiger partial charge on any atom is 0.235 e. The maximum absolute atomic E-state index is 12.2. The molecule has 3 heterocycles. The first kappa shape index (κ1) is 16.1. The lowest BCUT2D eigenvalue weighted by Gasteiger charge is -2.23. The van der Waals surface area contributed by atoms with Crippen molar-refractivity contribution >= 4 is 34.4 Å². The zero-order valence-corrected chi connectivity index (χ0v) is 15.3. The molecule has 0 radical (unpaired) electrons. The van der Waals surface area contributed by atoms with Crippen LogP contribution in [-0.4, -0.2) is 26.4 Å². The second-order valence-corrected chi connectivity index (χ2v) is 8.32. The molecule has 1 atom stereocenters. The number of anilines is 1. The minimum absolute atomic E-state index is 0.0159. The van der Waals surface area contributed by atoms with Crippen LogP contribution in [0.25, 0.3) is 10.9 Å². The molecule has 6 heteroatoms. The van der Waals surface area contributed by atoms with E-state index in [1.165, 1.54) is 0 Å². The molecular formula is C19H20N4OS. The fourth-order valence-electron chi connectivity index (χ4n) is 3.14. The van der Waals surface area contributed by atoms with E-state index in [0.717, 1.165) is 27.8 Å². The minimum Gasteiger partial charge on any atom is -0.310 e. The molecule has 0 bridgehead atoms. The van der Waals surface area contributed by atoms with Gasteiger partial charge in [-0.1, -0.05) is 12.1 Å². The maximum atomic E-state index is 12.2. The number of nitrogens with one attached hydrogen (secondary N) is 1. The second-order valence-electron chi connectivity index (χ2n) is 7.23. The Bertz CT molecular complexity index is 957. The number of carbonyl (C=O) groups excluding carboxylic acids is 1. The van der Waals surface area contributed by atoms with Gasteiger partial charge >= 0.3 is 0 Å². The number of nitrogens with zero attached hydrogens (tertiary/aromatic N) is 3. The fraction of sp³-hybridized carbons (Fsp3) is 0.316. The number of amides is 1. The summed E-state index contributed by atoms with van der Waals surface area (Å²) in [7, 11) is 0. The van der Waals surface area contributed by atoms with Crippen LogP contribution in [0.2, 0.25) is 0 Å². The number of benzene rings is 1. The van der Waals surface area contributed by atoms with Gasteiger partial charge in [-0.2, -0.15) is 5.10 Å². The van der Waals surface area contributed by atoms with Crippen LogP contribution in [0, 0.1) is 0 Å². The van der Waals surface area contributed by atoms with Crippen LogP contribution >= 0.6 is 11.8 Å². The number of fused-ring (bicyclic) bond motifs is 2. The molecular weight excluding hydrogens is 332 g/mol. The molecule has 0 fully saturated rings. The first-order valence-electron chi connectivity index (χ1n) is 8.28. The lowest BCUT2D eigenvalue weighted by molar-refractivity contribution is -0.113. The van der Waals surface area contributed by atoms with Gasteiger partial charge in [0.05, 0.1) is 28.3 Å². The predicted octanol–water partition coefficient (Wildman–Crippen LogP) is 3.96. The standard InChI is InChI=1S/C19H20N4OS/c1-19(2,3)23-18-14(10-21-23)17(25-11-16(24)22-18)13-6-7-15-12(9-13)5-4-8-20-15/h4-10,17H,11H2,1-3H3,(H,22,24). The van der Waals surface area contributed by atoms with Gasteiger partial charge in [0.15, 0.2) is 0 Å². The molecule has 128 valence electrons. The van der Waals surface area contributed by atoms with E-state index in [9.17, 15) is 4.79 Å². The van der Waals surface area contributed by atoms with Gasteiger partial charge in [-0.15, -0.1) is 11.8 Å². The monoisotopic (exact) mass is 352 g/mol. The molecule has 2 aromatic heterocycles. The molecule has 1 aromatic carbocycles. The van der Waals surface area contributed by atoms with Crippen LogP contribution in [0.3, 0.4) is 0 Å². The van der Waals surface area contributed by atoms with E-state index in [1.54, 1.807) is 18.0 Å². The van der Waals surface area contributed by atoms with Crippen molar-refractivity contribution < 1.29 is 4.79 Å². The first-order valence-corrected chi connectivity index (χ1v) is 9.33. The predicted molar refractivity (Wildman–Crippen MR) is 102 cm³/mol. The Morgan fingerprint density at radius 3 is 2.92 bits per heavy atom. The number of hydrogen-bond acceptors (Lipinski definition) is 4. The number of aromatic nitrogens is 3. The van der Waals surface area contributed by atoms with Crippen molar-refractivity contribution in [2.75, 3.05) is 11.1 Å². The molecule has 0 spiro atoms. The van der Waals surface area contributed by atoms with Crippen molar-refractivity contribution in [1.82, 2.24) is 14.8 Å². The fourth-order valence-corrected chi connectivity index (χ4v) is 4.22. The quantitative estimate of drug-likeness (QED) is 0.720. The van der Waals surface area contributed by atoms with E-state index in [2.05, 4.69) is 54.4 Å². The minimum atomic E-state index is -0.201. The van der Waals surface area contributed by atoms with Gasteiger partial charge < -0.3 is 5.32 Å². The highest BCUT2D eigenvalue weighted by Crippen LogP contribution is 2.43. The molecule has 1 aliphatic heterocycles. The zero-order chi connectivity index (χ0) is 17.6. The van der Waals surface area contributed by atoms with Gasteiger partial charge in [0.1, 0.15) is 5.82 Å². The normalized spacial score (nSPS) is 17.9. The van der Waals surface area contributed by atoms with Crippen LogP contribution in [0.1, 0.15) is 37.1 Å². The zero-order valence-electron chi connectivity index (χ0n) is 14.5. The number of pyridine rings is 1. The molecule has 5 nitrogen and oxygen atoms in total. The highest BCUT2D eigenvalue weighted by molar-refractivity contribution is 8.00. The molecule has 0 aliphatic carbocycles. The number of carbonyl (C=O) groups is 1. The molecule has 1 N–H and O–H groups in total. The third-order valence-electron chi connectivity index (χ3n) is 4.28. The van der Waals surface area contributed by atoms with Gasteiger partial charge in [-0.3, -0.25) is 9.78 Å². The van der Waals surface area contributed by atoms with Crippen molar-refractivity contribution in [2.45, 2.75) is 31.6 Å². The van der Waals surface area contributed by atoms with Crippen molar-refractivity contribution in [1.29, 1.82) is 0 Å². The molecule has 1 unspecified atom stereocenters. The summed E-state index contributed by atoms with van der Waals surface area (Å²) in [5, 5.41) is 8.77. The van der Waals surface area contributed by atoms with Gasteiger partial charge in [0, 0.05) is 17.1 Å². The summed E-state index contributed by atoms with van der Waals surface area (Å²) < 4.78 is 1.90. The second kappa shape index (κ2) is 5.88. The van der Waals surface area contributed by atoms with E-state index in [-0.39, 0.29) is 16.7 Å². The Balaban J connectivity index is 1.85. The Hall–Kier alpha value is -2.34. The molecule has 4 rings (SSSR count). The molecule has 3 aromatic rings. The summed E-state index contributed by atoms with van der Waals surface area (Å²) in [6.45, 7) is 6.25. The van der Waals surface area contributed by atoms with Crippen LogP contribution in [-0.2, 0) is 10.3 Å². The van der Waals surface area contributed by atoms with Gasteiger partial charge in [0.25, 0.3) is 0 Å². The highest BCUT2D eigenvalue weighted by Gasteiger charge is 2.30. The summed E-state index contributed by atoms with van der Waals surface area (Å²) >= 11 is 1.63. The van der Waals surface area contributed by atoms with Crippen LogP contribution in [0.4, 0.5) is 5.82 Å². The average molecular weight is 352 g/mol. The topological polar surface area (TPSA) is 59.8 Å². The Labute approximate surface area is 150 Å². The largest absolute Gasteiger partial charge is 0.310 e. The van der Waals surface area contributed by atoms with Crippen molar-refractivity contribution in [3.05, 3.63) is 53.9 Å². The van der Waals surface area contributed by atoms with E-state index in [0.29, 0.717) is 5.75 Å². The number of thioether (sulfide) groups is 1. The lowest BCUT2D eigenvalue weighted by Crippen LogP contribution is -2.27. The van der Waals surface area contributed by atoms with Crippen molar-refractivity contribution in [3.63, 3.8) is 0 Å². The number of rotatable bonds is 1. The van der Waals surface area contributed by atoms with Crippen LogP contribution in [0.5, 0.6) is 0 Å². The summed E-state index contributed by atoms with van der Waals surface area (Å²) in [5.41, 5.74) is 2.99. The van der Waals surface area contributed by atoms with Crippen LogP contribution < -0.4 is 5.32 Å². The molecule has 25 heavy (non-hydrogen) atoms. The third-order valence-corrected chi connectivity index (χ3v) is 5.57. The Kier molecular flexibility index (Phi) is 3.80. The summed E-state index contributed by atoms with van der Waals surface area (Å²) in [6.07, 6.45) is 3.69. The summed E-state index contributed by atoms with van der Waals surface area (Å²) in [5.74, 6) is 1.25. The van der Waals surface area contributed by atoms with Gasteiger partial charge in [-0.05, 0) is 44.5 Å². The van der Waals surface area contributed by atoms with Gasteiger partial charge in [-0.25, -0.2) is 4.68 Å². The first-order chi connectivity index (χ1) is 11.9. The Morgan fingerprint density at radius 1 is 1.28 bits per heavy atom. The van der Waals surface area contributed by atoms with Crippen molar-refractivity contribution in [2.24, 2.45) is 0 Å². The smallest absolute Gasteiger partial charge is 0.235 e. The molecule has 0 saturated heterocycles. The molecule has 1 amide bonds. The van der Waals surface area contributed by atoms with E-state index in [1.807, 2.05) is 23.0 Å². The number of hydrogen-bond donors (Lipinski definition) is 1. The average Bonchev–Trinajstić information content (AvgIpc) is 2.91.